The highest BCUT2D eigenvalue weighted by Gasteiger charge is 2.44. The molecule has 1 heterocycles. The number of esters is 1. The van der Waals surface area contributed by atoms with Crippen molar-refractivity contribution in [1.29, 1.82) is 0 Å². The van der Waals surface area contributed by atoms with Crippen LogP contribution in [0.5, 0.6) is 0 Å². The van der Waals surface area contributed by atoms with Crippen LogP contribution in [0.1, 0.15) is 65.7 Å². The maximum atomic E-state index is 13.2. The molecule has 0 unspecified atom stereocenters. The second-order valence-electron chi connectivity index (χ2n) is 11.4. The van der Waals surface area contributed by atoms with Crippen LogP contribution in [0.15, 0.2) is 78.9 Å². The SMILES string of the molecule is NC(=O)C1(OC(=O)c2ccc(-c3ccccc3)cc2)CCC(CCN2CCC(C(=O)c3ccc(F)cc3)CC2)CC1. The van der Waals surface area contributed by atoms with Crippen LogP contribution >= 0.6 is 0 Å². The van der Waals surface area contributed by atoms with Crippen molar-refractivity contribution in [2.45, 2.75) is 50.5 Å². The maximum Gasteiger partial charge on any atom is 0.339 e. The van der Waals surface area contributed by atoms with Gasteiger partial charge in [-0.2, -0.15) is 0 Å². The van der Waals surface area contributed by atoms with Crippen molar-refractivity contribution in [3.63, 3.8) is 0 Å². The van der Waals surface area contributed by atoms with Gasteiger partial charge < -0.3 is 15.4 Å². The number of hydrogen-bond donors (Lipinski definition) is 1. The van der Waals surface area contributed by atoms with Gasteiger partial charge in [-0.15, -0.1) is 0 Å². The molecule has 1 aliphatic heterocycles. The monoisotopic (exact) mass is 556 g/mol. The summed E-state index contributed by atoms with van der Waals surface area (Å²) in [6.45, 7) is 2.64. The molecule has 1 saturated carbocycles. The van der Waals surface area contributed by atoms with Gasteiger partial charge in [0.2, 0.25) is 0 Å². The number of halogens is 1. The zero-order valence-electron chi connectivity index (χ0n) is 23.3. The second kappa shape index (κ2) is 12.8. The zero-order valence-corrected chi connectivity index (χ0v) is 23.3. The van der Waals surface area contributed by atoms with Crippen LogP contribution in [-0.2, 0) is 9.53 Å². The molecule has 6 nitrogen and oxygen atoms in total. The average molecular weight is 557 g/mol. The predicted molar refractivity (Wildman–Crippen MR) is 156 cm³/mol. The molecule has 214 valence electrons. The minimum atomic E-state index is -1.27. The summed E-state index contributed by atoms with van der Waals surface area (Å²) < 4.78 is 19.0. The number of rotatable bonds is 9. The Balaban J connectivity index is 1.08. The number of primary amides is 1. The minimum absolute atomic E-state index is 0.0215. The van der Waals surface area contributed by atoms with E-state index in [-0.39, 0.29) is 17.5 Å². The number of ether oxygens (including phenoxy) is 1. The first-order valence-electron chi connectivity index (χ1n) is 14.5. The number of carbonyl (C=O) groups is 3. The van der Waals surface area contributed by atoms with Crippen molar-refractivity contribution in [2.24, 2.45) is 17.6 Å². The van der Waals surface area contributed by atoms with Crippen molar-refractivity contribution in [3.8, 4) is 11.1 Å². The maximum absolute atomic E-state index is 13.2. The number of ketones is 1. The van der Waals surface area contributed by atoms with E-state index in [1.165, 1.54) is 12.1 Å². The topological polar surface area (TPSA) is 89.7 Å². The minimum Gasteiger partial charge on any atom is -0.445 e. The molecule has 3 aromatic carbocycles. The molecule has 1 amide bonds. The van der Waals surface area contributed by atoms with E-state index >= 15 is 0 Å². The molecule has 0 radical (unpaired) electrons. The lowest BCUT2D eigenvalue weighted by Crippen LogP contribution is -2.50. The molecule has 3 aromatic rings. The van der Waals surface area contributed by atoms with Gasteiger partial charge in [-0.1, -0.05) is 42.5 Å². The highest BCUT2D eigenvalue weighted by molar-refractivity contribution is 5.98. The van der Waals surface area contributed by atoms with Crippen molar-refractivity contribution < 1.29 is 23.5 Å². The highest BCUT2D eigenvalue weighted by Crippen LogP contribution is 2.37. The van der Waals surface area contributed by atoms with Gasteiger partial charge in [0, 0.05) is 11.5 Å². The molecular weight excluding hydrogens is 519 g/mol. The molecule has 1 saturated heterocycles. The van der Waals surface area contributed by atoms with Crippen LogP contribution in [0.25, 0.3) is 11.1 Å². The number of nitrogens with two attached hydrogens (primary N) is 1. The van der Waals surface area contributed by atoms with E-state index in [9.17, 15) is 18.8 Å². The Hall–Kier alpha value is -3.84. The Morgan fingerprint density at radius 3 is 2.00 bits per heavy atom. The quantitative estimate of drug-likeness (QED) is 0.256. The van der Waals surface area contributed by atoms with Crippen LogP contribution in [0, 0.1) is 17.7 Å². The van der Waals surface area contributed by atoms with E-state index in [2.05, 4.69) is 4.90 Å². The molecule has 0 bridgehead atoms. The fourth-order valence-corrected chi connectivity index (χ4v) is 6.13. The Labute approximate surface area is 240 Å². The van der Waals surface area contributed by atoms with Crippen molar-refractivity contribution in [2.75, 3.05) is 19.6 Å². The first kappa shape index (κ1) is 28.7. The molecule has 5 rings (SSSR count). The summed E-state index contributed by atoms with van der Waals surface area (Å²) in [5.41, 5.74) is 7.54. The normalized spacial score (nSPS) is 21.7. The molecule has 2 fully saturated rings. The molecule has 0 atom stereocenters. The fourth-order valence-electron chi connectivity index (χ4n) is 6.13. The molecule has 0 spiro atoms. The van der Waals surface area contributed by atoms with Gasteiger partial charge in [0.15, 0.2) is 11.4 Å². The summed E-state index contributed by atoms with van der Waals surface area (Å²) in [6, 6.07) is 22.9. The van der Waals surface area contributed by atoms with E-state index in [4.69, 9.17) is 10.5 Å². The van der Waals surface area contributed by atoms with Gasteiger partial charge in [-0.25, -0.2) is 9.18 Å². The third-order valence-corrected chi connectivity index (χ3v) is 8.82. The van der Waals surface area contributed by atoms with Gasteiger partial charge in [0.1, 0.15) is 5.82 Å². The lowest BCUT2D eigenvalue weighted by atomic mass is 9.76. The molecular formula is C34H37FN2O4. The molecule has 2 aliphatic rings. The molecule has 41 heavy (non-hydrogen) atoms. The largest absolute Gasteiger partial charge is 0.445 e. The third-order valence-electron chi connectivity index (χ3n) is 8.82. The second-order valence-corrected chi connectivity index (χ2v) is 11.4. The predicted octanol–water partition coefficient (Wildman–Crippen LogP) is 6.05. The number of Topliss-reactive ketones (excluding diaryl/α,β-unsaturated/α-hetero) is 1. The first-order chi connectivity index (χ1) is 19.8. The van der Waals surface area contributed by atoms with Crippen molar-refractivity contribution >= 4 is 17.7 Å². The molecule has 1 aliphatic carbocycles. The lowest BCUT2D eigenvalue weighted by molar-refractivity contribution is -0.142. The molecule has 0 aromatic heterocycles. The number of likely N-dealkylation sites (tertiary alicyclic amines) is 1. The fraction of sp³-hybridized carbons (Fsp3) is 0.382. The van der Waals surface area contributed by atoms with E-state index in [1.807, 2.05) is 42.5 Å². The smallest absolute Gasteiger partial charge is 0.339 e. The standard InChI is InChI=1S/C34H37FN2O4/c35-30-12-10-27(11-13-30)31(38)28-17-22-37(23-18-28)21-16-24-14-19-34(20-15-24,33(36)40)41-32(39)29-8-6-26(7-9-29)25-4-2-1-3-5-25/h1-13,24,28H,14-23H2,(H2,36,40). The van der Waals surface area contributed by atoms with Gasteiger partial charge in [0.05, 0.1) is 5.56 Å². The van der Waals surface area contributed by atoms with E-state index in [0.717, 1.165) is 62.9 Å². The van der Waals surface area contributed by atoms with Crippen LogP contribution < -0.4 is 5.73 Å². The number of benzene rings is 3. The van der Waals surface area contributed by atoms with E-state index in [1.54, 1.807) is 24.3 Å². The number of carbonyl (C=O) groups excluding carboxylic acids is 3. The Kier molecular flexibility index (Phi) is 8.93. The molecule has 2 N–H and O–H groups in total. The van der Waals surface area contributed by atoms with Crippen molar-refractivity contribution in [1.82, 2.24) is 4.90 Å². The van der Waals surface area contributed by atoms with Crippen molar-refractivity contribution in [3.05, 3.63) is 95.8 Å². The summed E-state index contributed by atoms with van der Waals surface area (Å²) in [4.78, 5) is 40.6. The number of amides is 1. The summed E-state index contributed by atoms with van der Waals surface area (Å²) in [5, 5.41) is 0. The first-order valence-corrected chi connectivity index (χ1v) is 14.5. The Bertz CT molecular complexity index is 1340. The van der Waals surface area contributed by atoms with Crippen LogP contribution in [0.4, 0.5) is 4.39 Å². The van der Waals surface area contributed by atoms with Gasteiger partial charge >= 0.3 is 5.97 Å². The van der Waals surface area contributed by atoms with Gasteiger partial charge in [-0.05, 0) is 118 Å². The lowest BCUT2D eigenvalue weighted by Gasteiger charge is -2.38. The van der Waals surface area contributed by atoms with Gasteiger partial charge in [0.25, 0.3) is 5.91 Å². The van der Waals surface area contributed by atoms with Crippen LogP contribution in [-0.4, -0.2) is 47.8 Å². The van der Waals surface area contributed by atoms with E-state index < -0.39 is 17.5 Å². The number of nitrogens with zero attached hydrogens (tertiary/aromatic N) is 1. The number of hydrogen-bond acceptors (Lipinski definition) is 5. The Morgan fingerprint density at radius 2 is 1.39 bits per heavy atom. The Morgan fingerprint density at radius 1 is 0.805 bits per heavy atom. The summed E-state index contributed by atoms with van der Waals surface area (Å²) in [7, 11) is 0. The average Bonchev–Trinajstić information content (AvgIpc) is 3.01. The van der Waals surface area contributed by atoms with Gasteiger partial charge in [-0.3, -0.25) is 9.59 Å². The summed E-state index contributed by atoms with van der Waals surface area (Å²) in [6.07, 6.45) is 4.97. The third kappa shape index (κ3) is 6.91. The zero-order chi connectivity index (χ0) is 28.8. The number of piperidine rings is 1. The van der Waals surface area contributed by atoms with E-state index in [0.29, 0.717) is 29.9 Å². The van der Waals surface area contributed by atoms with Crippen LogP contribution in [0.3, 0.4) is 0 Å². The highest BCUT2D eigenvalue weighted by atomic mass is 19.1. The van der Waals surface area contributed by atoms with Crippen LogP contribution in [0.2, 0.25) is 0 Å². The summed E-state index contributed by atoms with van der Waals surface area (Å²) >= 11 is 0. The molecule has 7 heteroatoms. The summed E-state index contributed by atoms with van der Waals surface area (Å²) in [5.74, 6) is -0.949.